The summed E-state index contributed by atoms with van der Waals surface area (Å²) in [5, 5.41) is 17.0. The van der Waals surface area contributed by atoms with E-state index in [2.05, 4.69) is 15.6 Å². The van der Waals surface area contributed by atoms with Crippen LogP contribution in [-0.2, 0) is 6.54 Å². The lowest BCUT2D eigenvalue weighted by molar-refractivity contribution is 0.0501. The number of benzene rings is 1. The number of carbonyl (C=O) groups excluding carboxylic acids is 1. The van der Waals surface area contributed by atoms with Crippen molar-refractivity contribution >= 4 is 22.8 Å². The summed E-state index contributed by atoms with van der Waals surface area (Å²) in [6.07, 6.45) is 3.56. The lowest BCUT2D eigenvalue weighted by Crippen LogP contribution is -2.44. The fourth-order valence-corrected chi connectivity index (χ4v) is 3.30. The highest BCUT2D eigenvalue weighted by Crippen LogP contribution is 2.28. The molecule has 3 rings (SSSR count). The average molecular weight is 342 g/mol. The molecule has 1 aliphatic rings. The van der Waals surface area contributed by atoms with Gasteiger partial charge in [0.25, 0.3) is 0 Å². The van der Waals surface area contributed by atoms with E-state index in [0.29, 0.717) is 13.1 Å². The van der Waals surface area contributed by atoms with Crippen molar-refractivity contribution in [2.75, 3.05) is 25.5 Å². The second-order valence-electron chi connectivity index (χ2n) is 7.02. The molecule has 0 spiro atoms. The summed E-state index contributed by atoms with van der Waals surface area (Å²) in [5.41, 5.74) is 1.19. The van der Waals surface area contributed by atoms with Crippen LogP contribution in [0.15, 0.2) is 30.3 Å². The highest BCUT2D eigenvalue weighted by Gasteiger charge is 2.31. The van der Waals surface area contributed by atoms with E-state index < -0.39 is 5.60 Å². The molecule has 3 N–H and O–H groups in total. The monoisotopic (exact) mass is 342 g/mol. The largest absolute Gasteiger partial charge is 0.388 e. The molecule has 0 atom stereocenters. The molecular formula is C19H26N4O2. The lowest BCUT2D eigenvalue weighted by Gasteiger charge is -2.22. The number of aromatic nitrogens is 1. The van der Waals surface area contributed by atoms with Gasteiger partial charge in [0.1, 0.15) is 5.82 Å². The SMILES string of the molecule is CN(C)c1cc(CNC(=O)NCC2(O)CCCC2)c2ccccc2n1. The van der Waals surface area contributed by atoms with Crippen LogP contribution < -0.4 is 15.5 Å². The summed E-state index contributed by atoms with van der Waals surface area (Å²) < 4.78 is 0. The number of hydrogen-bond donors (Lipinski definition) is 3. The first-order valence-corrected chi connectivity index (χ1v) is 8.77. The molecule has 2 aromatic rings. The molecule has 6 nitrogen and oxygen atoms in total. The minimum Gasteiger partial charge on any atom is -0.388 e. The van der Waals surface area contributed by atoms with E-state index in [1.54, 1.807) is 0 Å². The normalized spacial score (nSPS) is 16.0. The Balaban J connectivity index is 1.66. The maximum atomic E-state index is 12.1. The molecule has 1 aromatic heterocycles. The number of amides is 2. The van der Waals surface area contributed by atoms with Crippen LogP contribution in [0.2, 0.25) is 0 Å². The number of fused-ring (bicyclic) bond motifs is 1. The first-order chi connectivity index (χ1) is 12.0. The molecule has 0 aliphatic heterocycles. The van der Waals surface area contributed by atoms with Gasteiger partial charge in [-0.05, 0) is 30.5 Å². The van der Waals surface area contributed by atoms with Gasteiger partial charge in [-0.15, -0.1) is 0 Å². The summed E-state index contributed by atoms with van der Waals surface area (Å²) in [5.74, 6) is 0.858. The number of nitrogens with one attached hydrogen (secondary N) is 2. The Labute approximate surface area is 148 Å². The summed E-state index contributed by atoms with van der Waals surface area (Å²) in [4.78, 5) is 18.7. The van der Waals surface area contributed by atoms with Gasteiger partial charge in [0.05, 0.1) is 11.1 Å². The average Bonchev–Trinajstić information content (AvgIpc) is 3.04. The van der Waals surface area contributed by atoms with Crippen molar-refractivity contribution in [1.82, 2.24) is 15.6 Å². The molecule has 1 aromatic carbocycles. The van der Waals surface area contributed by atoms with E-state index >= 15 is 0 Å². The topological polar surface area (TPSA) is 77.5 Å². The Hall–Kier alpha value is -2.34. The number of aliphatic hydroxyl groups is 1. The smallest absolute Gasteiger partial charge is 0.315 e. The predicted molar refractivity (Wildman–Crippen MR) is 99.7 cm³/mol. The van der Waals surface area contributed by atoms with Crippen LogP contribution in [0.3, 0.4) is 0 Å². The Kier molecular flexibility index (Phi) is 5.08. The maximum absolute atomic E-state index is 12.1. The molecule has 1 aliphatic carbocycles. The van der Waals surface area contributed by atoms with Gasteiger partial charge >= 0.3 is 6.03 Å². The van der Waals surface area contributed by atoms with Gasteiger partial charge in [-0.25, -0.2) is 9.78 Å². The van der Waals surface area contributed by atoms with Crippen LogP contribution in [0.4, 0.5) is 10.6 Å². The molecule has 134 valence electrons. The van der Waals surface area contributed by atoms with Crippen molar-refractivity contribution in [3.05, 3.63) is 35.9 Å². The molecule has 2 amide bonds. The van der Waals surface area contributed by atoms with E-state index in [4.69, 9.17) is 0 Å². The third-order valence-corrected chi connectivity index (χ3v) is 4.80. The number of para-hydroxylation sites is 1. The number of anilines is 1. The Morgan fingerprint density at radius 2 is 1.96 bits per heavy atom. The number of nitrogens with zero attached hydrogens (tertiary/aromatic N) is 2. The van der Waals surface area contributed by atoms with Crippen LogP contribution in [0.1, 0.15) is 31.2 Å². The molecule has 0 unspecified atom stereocenters. The molecule has 1 fully saturated rings. The minimum absolute atomic E-state index is 0.257. The Morgan fingerprint density at radius 1 is 1.24 bits per heavy atom. The predicted octanol–water partition coefficient (Wildman–Crippen LogP) is 2.41. The van der Waals surface area contributed by atoms with Crippen LogP contribution in [-0.4, -0.2) is 42.4 Å². The van der Waals surface area contributed by atoms with Crippen molar-refractivity contribution in [3.63, 3.8) is 0 Å². The fourth-order valence-electron chi connectivity index (χ4n) is 3.30. The van der Waals surface area contributed by atoms with Gasteiger partial charge < -0.3 is 20.6 Å². The van der Waals surface area contributed by atoms with Crippen molar-refractivity contribution in [2.24, 2.45) is 0 Å². The van der Waals surface area contributed by atoms with E-state index in [9.17, 15) is 9.90 Å². The van der Waals surface area contributed by atoms with Crippen molar-refractivity contribution in [3.8, 4) is 0 Å². The highest BCUT2D eigenvalue weighted by molar-refractivity contribution is 5.84. The van der Waals surface area contributed by atoms with Gasteiger partial charge in [-0.1, -0.05) is 31.0 Å². The number of pyridine rings is 1. The zero-order chi connectivity index (χ0) is 17.9. The molecule has 1 saturated carbocycles. The Morgan fingerprint density at radius 3 is 2.68 bits per heavy atom. The summed E-state index contributed by atoms with van der Waals surface area (Å²) in [7, 11) is 3.90. The molecule has 0 bridgehead atoms. The fraction of sp³-hybridized carbons (Fsp3) is 0.474. The third kappa shape index (κ3) is 4.20. The maximum Gasteiger partial charge on any atom is 0.315 e. The standard InChI is InChI=1S/C19H26N4O2/c1-23(2)17-11-14(15-7-3-4-8-16(15)22-17)12-20-18(24)21-13-19(25)9-5-6-10-19/h3-4,7-8,11,25H,5-6,9-10,12-13H2,1-2H3,(H2,20,21,24). The van der Waals surface area contributed by atoms with Gasteiger partial charge in [0.2, 0.25) is 0 Å². The zero-order valence-electron chi connectivity index (χ0n) is 14.9. The van der Waals surface area contributed by atoms with Gasteiger partial charge in [0.15, 0.2) is 0 Å². The number of hydrogen-bond acceptors (Lipinski definition) is 4. The molecule has 25 heavy (non-hydrogen) atoms. The van der Waals surface area contributed by atoms with Crippen LogP contribution in [0.5, 0.6) is 0 Å². The molecular weight excluding hydrogens is 316 g/mol. The van der Waals surface area contributed by atoms with Crippen LogP contribution in [0, 0.1) is 0 Å². The first kappa shape index (κ1) is 17.5. The van der Waals surface area contributed by atoms with E-state index in [1.165, 1.54) is 0 Å². The lowest BCUT2D eigenvalue weighted by atomic mass is 10.0. The summed E-state index contributed by atoms with van der Waals surface area (Å²) in [6, 6.07) is 9.65. The van der Waals surface area contributed by atoms with E-state index in [0.717, 1.165) is 48.0 Å². The highest BCUT2D eigenvalue weighted by atomic mass is 16.3. The van der Waals surface area contributed by atoms with Crippen molar-refractivity contribution in [1.29, 1.82) is 0 Å². The second kappa shape index (κ2) is 7.27. The third-order valence-electron chi connectivity index (χ3n) is 4.80. The molecule has 6 heteroatoms. The van der Waals surface area contributed by atoms with Crippen molar-refractivity contribution in [2.45, 2.75) is 37.8 Å². The molecule has 1 heterocycles. The Bertz CT molecular complexity index is 754. The summed E-state index contributed by atoms with van der Waals surface area (Å²) >= 11 is 0. The zero-order valence-corrected chi connectivity index (χ0v) is 14.9. The molecule has 0 radical (unpaired) electrons. The number of carbonyl (C=O) groups is 1. The number of rotatable bonds is 5. The van der Waals surface area contributed by atoms with Gasteiger partial charge in [-0.2, -0.15) is 0 Å². The number of urea groups is 1. The summed E-state index contributed by atoms with van der Waals surface area (Å²) in [6.45, 7) is 0.715. The van der Waals surface area contributed by atoms with Crippen LogP contribution >= 0.6 is 0 Å². The van der Waals surface area contributed by atoms with Gasteiger partial charge in [0, 0.05) is 32.6 Å². The van der Waals surface area contributed by atoms with Crippen molar-refractivity contribution < 1.29 is 9.90 Å². The molecule has 0 saturated heterocycles. The van der Waals surface area contributed by atoms with Gasteiger partial charge in [-0.3, -0.25) is 0 Å². The van der Waals surface area contributed by atoms with E-state index in [1.807, 2.05) is 49.3 Å². The van der Waals surface area contributed by atoms with Crippen LogP contribution in [0.25, 0.3) is 10.9 Å². The first-order valence-electron chi connectivity index (χ1n) is 8.77. The quantitative estimate of drug-likeness (QED) is 0.780. The minimum atomic E-state index is -0.737. The second-order valence-corrected chi connectivity index (χ2v) is 7.02. The van der Waals surface area contributed by atoms with E-state index in [-0.39, 0.29) is 6.03 Å².